The lowest BCUT2D eigenvalue weighted by molar-refractivity contribution is 0.726. The van der Waals surface area contributed by atoms with Gasteiger partial charge in [-0.3, -0.25) is 9.97 Å². The molecule has 3 aromatic heterocycles. The molecule has 4 heteroatoms. The summed E-state index contributed by atoms with van der Waals surface area (Å²) in [5, 5.41) is 4.92. The molecule has 9 aromatic carbocycles. The second-order valence-electron chi connectivity index (χ2n) is 16.9. The summed E-state index contributed by atoms with van der Waals surface area (Å²) in [6, 6.07) is 74.0. The van der Waals surface area contributed by atoms with Gasteiger partial charge in [-0.2, -0.15) is 0 Å². The Morgan fingerprint density at radius 3 is 1.79 bits per heavy atom. The number of aromatic nitrogens is 4. The van der Waals surface area contributed by atoms with Crippen LogP contribution in [0.3, 0.4) is 0 Å². The van der Waals surface area contributed by atoms with Crippen LogP contribution < -0.4 is 0 Å². The molecule has 1 unspecified atom stereocenters. The Hall–Kier alpha value is -8.08. The zero-order chi connectivity index (χ0) is 41.4. The van der Waals surface area contributed by atoms with Crippen LogP contribution in [0.25, 0.3) is 99.4 Å². The highest BCUT2D eigenvalue weighted by atomic mass is 15.0. The maximum absolute atomic E-state index is 4.69. The van der Waals surface area contributed by atoms with E-state index in [1.165, 1.54) is 82.6 Å². The van der Waals surface area contributed by atoms with Gasteiger partial charge in [0.2, 0.25) is 0 Å². The third kappa shape index (κ3) is 5.76. The summed E-state index contributed by atoms with van der Waals surface area (Å²) in [5.74, 6) is 0.302. The van der Waals surface area contributed by atoms with Gasteiger partial charge in [0, 0.05) is 51.2 Å². The lowest BCUT2D eigenvalue weighted by Gasteiger charge is -2.20. The number of nitrogens with zero attached hydrogens (tertiary/aromatic N) is 4. The quantitative estimate of drug-likeness (QED) is 0.174. The molecular formula is C59H40N4. The Morgan fingerprint density at radius 1 is 0.381 bits per heavy atom. The van der Waals surface area contributed by atoms with Crippen molar-refractivity contribution in [2.45, 2.75) is 18.8 Å². The number of benzene rings is 9. The van der Waals surface area contributed by atoms with Gasteiger partial charge in [0.1, 0.15) is 0 Å². The second kappa shape index (κ2) is 14.3. The van der Waals surface area contributed by atoms with Crippen LogP contribution >= 0.6 is 0 Å². The van der Waals surface area contributed by atoms with E-state index >= 15 is 0 Å². The topological polar surface area (TPSA) is 35.6 Å². The number of para-hydroxylation sites is 2. The third-order valence-corrected chi connectivity index (χ3v) is 13.5. The second-order valence-corrected chi connectivity index (χ2v) is 16.9. The van der Waals surface area contributed by atoms with E-state index in [2.05, 4.69) is 214 Å². The van der Waals surface area contributed by atoms with Crippen LogP contribution in [0, 0.1) is 0 Å². The lowest BCUT2D eigenvalue weighted by Crippen LogP contribution is -2.02. The molecule has 0 saturated carbocycles. The zero-order valence-electron chi connectivity index (χ0n) is 34.5. The highest BCUT2D eigenvalue weighted by Gasteiger charge is 2.25. The number of aryl methyl sites for hydroxylation is 1. The summed E-state index contributed by atoms with van der Waals surface area (Å²) in [6.45, 7) is 0. The predicted octanol–water partition coefficient (Wildman–Crippen LogP) is 14.9. The van der Waals surface area contributed by atoms with Gasteiger partial charge >= 0.3 is 0 Å². The van der Waals surface area contributed by atoms with Gasteiger partial charge in [-0.15, -0.1) is 0 Å². The molecule has 0 fully saturated rings. The minimum absolute atomic E-state index is 0.302. The molecule has 296 valence electrons. The van der Waals surface area contributed by atoms with Gasteiger partial charge in [-0.1, -0.05) is 127 Å². The zero-order valence-corrected chi connectivity index (χ0v) is 34.5. The fourth-order valence-corrected chi connectivity index (χ4v) is 10.5. The van der Waals surface area contributed by atoms with Gasteiger partial charge < -0.3 is 9.13 Å². The van der Waals surface area contributed by atoms with Crippen molar-refractivity contribution >= 4 is 54.6 Å². The first-order valence-corrected chi connectivity index (χ1v) is 21.9. The SMILES string of the molecule is c1ccc(C2CCc3ccccc3-c3ccc(-c4ccc5c(c4)c4cc(-c6ccc7c8ccccc8n(-c8ccccc8)c7c6)ccc4n5-c4ccc5nccnc5c4)cc32)cc1. The molecule has 0 aliphatic heterocycles. The summed E-state index contributed by atoms with van der Waals surface area (Å²) in [7, 11) is 0. The smallest absolute Gasteiger partial charge is 0.0907 e. The molecule has 4 nitrogen and oxygen atoms in total. The monoisotopic (exact) mass is 804 g/mol. The van der Waals surface area contributed by atoms with E-state index in [1.807, 2.05) is 0 Å². The number of hydrogen-bond donors (Lipinski definition) is 0. The molecule has 0 bridgehead atoms. The van der Waals surface area contributed by atoms with Crippen molar-refractivity contribution < 1.29 is 0 Å². The van der Waals surface area contributed by atoms with Crippen molar-refractivity contribution in [3.05, 3.63) is 229 Å². The first-order valence-electron chi connectivity index (χ1n) is 21.9. The molecule has 3 heterocycles. The summed E-state index contributed by atoms with van der Waals surface area (Å²) in [5.41, 5.74) is 20.4. The van der Waals surface area contributed by atoms with E-state index in [0.717, 1.165) is 46.3 Å². The molecule has 12 aromatic rings. The Morgan fingerprint density at radius 2 is 0.984 bits per heavy atom. The fourth-order valence-electron chi connectivity index (χ4n) is 10.5. The van der Waals surface area contributed by atoms with Crippen LogP contribution in [-0.2, 0) is 6.42 Å². The van der Waals surface area contributed by atoms with Gasteiger partial charge in [-0.25, -0.2) is 0 Å². The molecule has 1 aliphatic carbocycles. The highest BCUT2D eigenvalue weighted by molar-refractivity contribution is 6.13. The summed E-state index contributed by atoms with van der Waals surface area (Å²) >= 11 is 0. The normalized spacial score (nSPS) is 13.7. The largest absolute Gasteiger partial charge is 0.309 e. The van der Waals surface area contributed by atoms with E-state index in [4.69, 9.17) is 4.98 Å². The fraction of sp³-hybridized carbons (Fsp3) is 0.0508. The van der Waals surface area contributed by atoms with Crippen molar-refractivity contribution in [1.29, 1.82) is 0 Å². The van der Waals surface area contributed by atoms with E-state index in [-0.39, 0.29) is 0 Å². The molecule has 0 saturated heterocycles. The van der Waals surface area contributed by atoms with Crippen molar-refractivity contribution in [1.82, 2.24) is 19.1 Å². The van der Waals surface area contributed by atoms with Gasteiger partial charge in [0.15, 0.2) is 0 Å². The van der Waals surface area contributed by atoms with Crippen LogP contribution in [0.4, 0.5) is 0 Å². The standard InChI is InChI=1S/C59H40N4/c1-3-11-38(12-4-1)47-25-19-39-13-7-8-16-46(39)48-26-20-40(33-51(47)48)41-22-29-57-52(34-41)53-35-42(23-30-58(53)63(57)45-24-28-54-55(37-45)61-32-31-60-54)43-21-27-50-49-17-9-10-18-56(49)62(59(50)36-43)44-14-5-2-6-15-44/h1-18,20-24,26-37,47H,19,25H2. The first-order chi connectivity index (χ1) is 31.2. The molecule has 0 spiro atoms. The summed E-state index contributed by atoms with van der Waals surface area (Å²) in [6.07, 6.45) is 5.65. The van der Waals surface area contributed by atoms with E-state index in [9.17, 15) is 0 Å². The average Bonchev–Trinajstić information content (AvgIpc) is 3.80. The van der Waals surface area contributed by atoms with Crippen LogP contribution in [0.2, 0.25) is 0 Å². The van der Waals surface area contributed by atoms with Crippen LogP contribution in [-0.4, -0.2) is 19.1 Å². The highest BCUT2D eigenvalue weighted by Crippen LogP contribution is 2.44. The number of fused-ring (bicyclic) bond motifs is 10. The van der Waals surface area contributed by atoms with Crippen molar-refractivity contribution in [2.24, 2.45) is 0 Å². The van der Waals surface area contributed by atoms with Gasteiger partial charge in [-0.05, 0) is 136 Å². The molecule has 0 radical (unpaired) electrons. The number of rotatable bonds is 5. The molecule has 1 atom stereocenters. The molecule has 0 N–H and O–H groups in total. The average molecular weight is 805 g/mol. The minimum atomic E-state index is 0.302. The summed E-state index contributed by atoms with van der Waals surface area (Å²) < 4.78 is 4.79. The number of hydrogen-bond acceptors (Lipinski definition) is 2. The maximum Gasteiger partial charge on any atom is 0.0907 e. The van der Waals surface area contributed by atoms with Crippen LogP contribution in [0.1, 0.15) is 29.0 Å². The van der Waals surface area contributed by atoms with E-state index in [0.29, 0.717) is 5.92 Å². The first kappa shape index (κ1) is 35.7. The summed E-state index contributed by atoms with van der Waals surface area (Å²) in [4.78, 5) is 9.27. The Labute approximate surface area is 365 Å². The van der Waals surface area contributed by atoms with Crippen LogP contribution in [0.15, 0.2) is 213 Å². The Balaban J connectivity index is 1.02. The lowest BCUT2D eigenvalue weighted by atomic mass is 9.84. The Kier molecular flexibility index (Phi) is 8.07. The molecule has 63 heavy (non-hydrogen) atoms. The molecule has 1 aliphatic rings. The van der Waals surface area contributed by atoms with Crippen molar-refractivity contribution in [2.75, 3.05) is 0 Å². The predicted molar refractivity (Wildman–Crippen MR) is 261 cm³/mol. The van der Waals surface area contributed by atoms with Gasteiger partial charge in [0.05, 0.1) is 33.1 Å². The van der Waals surface area contributed by atoms with Gasteiger partial charge in [0.25, 0.3) is 0 Å². The molecule has 13 rings (SSSR count). The minimum Gasteiger partial charge on any atom is -0.309 e. The molecular weight excluding hydrogens is 765 g/mol. The Bertz CT molecular complexity index is 3750. The third-order valence-electron chi connectivity index (χ3n) is 13.5. The van der Waals surface area contributed by atoms with E-state index < -0.39 is 0 Å². The molecule has 0 amide bonds. The van der Waals surface area contributed by atoms with Crippen molar-refractivity contribution in [3.8, 4) is 44.8 Å². The van der Waals surface area contributed by atoms with Crippen molar-refractivity contribution in [3.63, 3.8) is 0 Å². The maximum atomic E-state index is 4.69. The van der Waals surface area contributed by atoms with E-state index in [1.54, 1.807) is 12.4 Å². The van der Waals surface area contributed by atoms with Crippen LogP contribution in [0.5, 0.6) is 0 Å².